The third kappa shape index (κ3) is 2.38. The van der Waals surface area contributed by atoms with E-state index in [-0.39, 0.29) is 11.7 Å². The number of amides is 1. The second-order valence-corrected chi connectivity index (χ2v) is 4.57. The van der Waals surface area contributed by atoms with Gasteiger partial charge in [0.2, 0.25) is 11.7 Å². The second-order valence-electron chi connectivity index (χ2n) is 4.57. The summed E-state index contributed by atoms with van der Waals surface area (Å²) in [6, 6.07) is 12.6. The van der Waals surface area contributed by atoms with Crippen LogP contribution in [0.15, 0.2) is 53.8 Å². The minimum atomic E-state index is -0.157. The number of nitrogens with zero attached hydrogens (tertiary/aromatic N) is 3. The van der Waals surface area contributed by atoms with Gasteiger partial charge in [0.15, 0.2) is 0 Å². The van der Waals surface area contributed by atoms with Crippen molar-refractivity contribution in [3.63, 3.8) is 0 Å². The van der Waals surface area contributed by atoms with Gasteiger partial charge in [-0.1, -0.05) is 18.2 Å². The quantitative estimate of drug-likeness (QED) is 0.747. The van der Waals surface area contributed by atoms with Crippen molar-refractivity contribution >= 4 is 23.1 Å². The molecule has 21 heavy (non-hydrogen) atoms. The third-order valence-electron chi connectivity index (χ3n) is 3.05. The predicted molar refractivity (Wildman–Crippen MR) is 80.4 cm³/mol. The molecule has 0 aliphatic heterocycles. The van der Waals surface area contributed by atoms with Gasteiger partial charge in [-0.2, -0.15) is 0 Å². The first-order chi connectivity index (χ1) is 10.2. The van der Waals surface area contributed by atoms with Gasteiger partial charge in [-0.3, -0.25) is 9.20 Å². The van der Waals surface area contributed by atoms with E-state index in [2.05, 4.69) is 15.5 Å². The van der Waals surface area contributed by atoms with Gasteiger partial charge in [0.05, 0.1) is 0 Å². The van der Waals surface area contributed by atoms with E-state index >= 15 is 0 Å². The van der Waals surface area contributed by atoms with Crippen molar-refractivity contribution in [3.8, 4) is 11.3 Å². The van der Waals surface area contributed by atoms with Crippen LogP contribution in [0.1, 0.15) is 6.92 Å². The van der Waals surface area contributed by atoms with Crippen LogP contribution in [-0.4, -0.2) is 15.3 Å². The number of hydrogen-bond donors (Lipinski definition) is 1. The molecular weight excluding hydrogens is 268 g/mol. The van der Waals surface area contributed by atoms with E-state index < -0.39 is 0 Å². The van der Waals surface area contributed by atoms with E-state index in [4.69, 9.17) is 0 Å². The average molecular weight is 280 g/mol. The number of benzene rings is 1. The molecule has 0 radical (unpaired) electrons. The molecule has 6 nitrogen and oxygen atoms in total. The highest BCUT2D eigenvalue weighted by Crippen LogP contribution is 2.31. The number of aromatic nitrogens is 2. The monoisotopic (exact) mass is 280 g/mol. The van der Waals surface area contributed by atoms with Gasteiger partial charge < -0.3 is 5.32 Å². The highest BCUT2D eigenvalue weighted by atomic mass is 16.3. The molecule has 1 N–H and O–H groups in total. The normalized spacial score (nSPS) is 10.5. The molecule has 2 aromatic heterocycles. The summed E-state index contributed by atoms with van der Waals surface area (Å²) < 4.78 is 1.63. The maximum atomic E-state index is 11.2. The molecule has 0 fully saturated rings. The molecule has 0 aliphatic carbocycles. The molecule has 0 saturated heterocycles. The second kappa shape index (κ2) is 5.16. The highest BCUT2D eigenvalue weighted by Gasteiger charge is 2.14. The molecule has 0 aliphatic rings. The number of anilines is 1. The van der Waals surface area contributed by atoms with Crippen LogP contribution in [0, 0.1) is 4.91 Å². The number of pyridine rings is 1. The van der Waals surface area contributed by atoms with Crippen molar-refractivity contribution in [1.29, 1.82) is 0 Å². The number of imidazole rings is 1. The molecule has 3 rings (SSSR count). The minimum absolute atomic E-state index is 0.157. The zero-order valence-electron chi connectivity index (χ0n) is 11.3. The summed E-state index contributed by atoms with van der Waals surface area (Å²) in [6.45, 7) is 1.44. The summed E-state index contributed by atoms with van der Waals surface area (Å²) in [4.78, 5) is 26.7. The van der Waals surface area contributed by atoms with Gasteiger partial charge in [0.1, 0.15) is 11.3 Å². The number of carbonyl (C=O) groups excluding carboxylic acids is 1. The number of hydrogen-bond acceptors (Lipinski definition) is 4. The number of nitrogens with one attached hydrogen (secondary N) is 1. The Balaban J connectivity index is 2.16. The fourth-order valence-corrected chi connectivity index (χ4v) is 2.21. The Morgan fingerprint density at radius 3 is 2.86 bits per heavy atom. The molecular formula is C15H12N4O2. The summed E-state index contributed by atoms with van der Waals surface area (Å²) in [5, 5.41) is 5.79. The fourth-order valence-electron chi connectivity index (χ4n) is 2.21. The lowest BCUT2D eigenvalue weighted by molar-refractivity contribution is -0.114. The van der Waals surface area contributed by atoms with Crippen LogP contribution in [0.2, 0.25) is 0 Å². The van der Waals surface area contributed by atoms with Gasteiger partial charge in [0, 0.05) is 24.4 Å². The molecule has 3 aromatic rings. The SMILES string of the molecule is CC(=O)Nc1cccc(-c2nc3ccccn3c2N=O)c1. The molecule has 2 heterocycles. The van der Waals surface area contributed by atoms with Crippen LogP contribution < -0.4 is 5.32 Å². The summed E-state index contributed by atoms with van der Waals surface area (Å²) in [7, 11) is 0. The highest BCUT2D eigenvalue weighted by molar-refractivity contribution is 5.90. The summed E-state index contributed by atoms with van der Waals surface area (Å²) in [5.74, 6) is 0.0847. The Morgan fingerprint density at radius 2 is 2.10 bits per heavy atom. The van der Waals surface area contributed by atoms with Crippen LogP contribution in [0.4, 0.5) is 11.5 Å². The topological polar surface area (TPSA) is 75.8 Å². The van der Waals surface area contributed by atoms with E-state index in [0.717, 1.165) is 5.56 Å². The lowest BCUT2D eigenvalue weighted by atomic mass is 10.1. The Hall–Kier alpha value is -3.02. The zero-order chi connectivity index (χ0) is 14.8. The molecule has 0 bridgehead atoms. The molecule has 1 aromatic carbocycles. The van der Waals surface area contributed by atoms with Crippen LogP contribution in [0.5, 0.6) is 0 Å². The van der Waals surface area contributed by atoms with Crippen molar-refractivity contribution in [3.05, 3.63) is 53.6 Å². The first kappa shape index (κ1) is 13.0. The summed E-state index contributed by atoms with van der Waals surface area (Å²) in [6.07, 6.45) is 1.74. The number of carbonyl (C=O) groups is 1. The van der Waals surface area contributed by atoms with Gasteiger partial charge in [0.25, 0.3) is 0 Å². The minimum Gasteiger partial charge on any atom is -0.326 e. The number of rotatable bonds is 3. The maximum Gasteiger partial charge on any atom is 0.221 e. The van der Waals surface area contributed by atoms with Gasteiger partial charge in [-0.05, 0) is 29.4 Å². The van der Waals surface area contributed by atoms with E-state index in [0.29, 0.717) is 17.0 Å². The van der Waals surface area contributed by atoms with E-state index in [9.17, 15) is 9.70 Å². The largest absolute Gasteiger partial charge is 0.326 e. The Bertz CT molecular complexity index is 839. The Morgan fingerprint density at radius 1 is 1.24 bits per heavy atom. The standard InChI is InChI=1S/C15H12N4O2/c1-10(20)16-12-6-4-5-11(9-12)14-15(18-21)19-8-3-2-7-13(19)17-14/h2-9H,1H3,(H,16,20). The van der Waals surface area contributed by atoms with Gasteiger partial charge >= 0.3 is 0 Å². The van der Waals surface area contributed by atoms with E-state index in [1.807, 2.05) is 12.1 Å². The van der Waals surface area contributed by atoms with Crippen molar-refractivity contribution < 1.29 is 4.79 Å². The van der Waals surface area contributed by atoms with Crippen molar-refractivity contribution in [2.24, 2.45) is 5.18 Å². The van der Waals surface area contributed by atoms with E-state index in [1.165, 1.54) is 6.92 Å². The van der Waals surface area contributed by atoms with Crippen LogP contribution in [0.25, 0.3) is 16.9 Å². The molecule has 0 saturated carbocycles. The zero-order valence-corrected chi connectivity index (χ0v) is 11.3. The first-order valence-electron chi connectivity index (χ1n) is 6.37. The first-order valence-corrected chi connectivity index (χ1v) is 6.37. The molecule has 0 atom stereocenters. The van der Waals surface area contributed by atoms with E-state index in [1.54, 1.807) is 40.9 Å². The number of nitroso groups, excluding NO2 is 1. The van der Waals surface area contributed by atoms with Crippen molar-refractivity contribution in [2.45, 2.75) is 6.92 Å². The Labute approximate surface area is 120 Å². The fraction of sp³-hybridized carbons (Fsp3) is 0.0667. The predicted octanol–water partition coefficient (Wildman–Crippen LogP) is 3.36. The van der Waals surface area contributed by atoms with Crippen LogP contribution >= 0.6 is 0 Å². The molecule has 104 valence electrons. The molecule has 6 heteroatoms. The average Bonchev–Trinajstić information content (AvgIpc) is 2.85. The lowest BCUT2D eigenvalue weighted by Crippen LogP contribution is -2.05. The molecule has 0 unspecified atom stereocenters. The third-order valence-corrected chi connectivity index (χ3v) is 3.05. The van der Waals surface area contributed by atoms with Crippen molar-refractivity contribution in [1.82, 2.24) is 9.38 Å². The molecule has 0 spiro atoms. The smallest absolute Gasteiger partial charge is 0.221 e. The van der Waals surface area contributed by atoms with Gasteiger partial charge in [-0.15, -0.1) is 4.91 Å². The maximum absolute atomic E-state index is 11.2. The van der Waals surface area contributed by atoms with Crippen LogP contribution in [-0.2, 0) is 4.79 Å². The summed E-state index contributed by atoms with van der Waals surface area (Å²) in [5.41, 5.74) is 2.50. The summed E-state index contributed by atoms with van der Waals surface area (Å²) >= 11 is 0. The number of fused-ring (bicyclic) bond motifs is 1. The van der Waals surface area contributed by atoms with Crippen molar-refractivity contribution in [2.75, 3.05) is 5.32 Å². The van der Waals surface area contributed by atoms with Crippen LogP contribution in [0.3, 0.4) is 0 Å². The lowest BCUT2D eigenvalue weighted by Gasteiger charge is -2.04. The Kier molecular flexibility index (Phi) is 3.19. The molecule has 1 amide bonds. The van der Waals surface area contributed by atoms with Gasteiger partial charge in [-0.25, -0.2) is 4.98 Å².